The van der Waals surface area contributed by atoms with Crippen LogP contribution in [-0.4, -0.2) is 37.6 Å². The Morgan fingerprint density at radius 1 is 0.792 bits per heavy atom. The fourth-order valence-electron chi connectivity index (χ4n) is 1.89. The molecule has 0 fully saturated rings. The van der Waals surface area contributed by atoms with Gasteiger partial charge >= 0.3 is 11.9 Å². The summed E-state index contributed by atoms with van der Waals surface area (Å²) in [5.41, 5.74) is 0.560. The van der Waals surface area contributed by atoms with E-state index >= 15 is 0 Å². The number of carbonyl (C=O) groups is 3. The molecule has 0 radical (unpaired) electrons. The third-order valence-corrected chi connectivity index (χ3v) is 3.08. The van der Waals surface area contributed by atoms with E-state index in [4.69, 9.17) is 9.47 Å². The summed E-state index contributed by atoms with van der Waals surface area (Å²) >= 11 is 0. The van der Waals surface area contributed by atoms with Crippen LogP contribution in [0.4, 0.5) is 0 Å². The van der Waals surface area contributed by atoms with Gasteiger partial charge in [0.2, 0.25) is 0 Å². The van der Waals surface area contributed by atoms with Crippen molar-refractivity contribution in [2.24, 2.45) is 0 Å². The van der Waals surface area contributed by atoms with Gasteiger partial charge in [-0.2, -0.15) is 0 Å². The third kappa shape index (κ3) is 6.02. The van der Waals surface area contributed by atoms with Crippen molar-refractivity contribution in [1.29, 1.82) is 0 Å². The van der Waals surface area contributed by atoms with Crippen LogP contribution >= 0.6 is 0 Å². The molecule has 0 heterocycles. The van der Waals surface area contributed by atoms with Gasteiger partial charge < -0.3 is 14.8 Å². The third-order valence-electron chi connectivity index (χ3n) is 3.08. The Labute approximate surface area is 142 Å². The molecule has 0 aliphatic rings. The normalized spacial score (nSPS) is 10.1. The van der Waals surface area contributed by atoms with Crippen LogP contribution in [0.5, 0.6) is 0 Å². The average Bonchev–Trinajstić information content (AvgIpc) is 2.61. The van der Waals surface area contributed by atoms with Gasteiger partial charge in [-0.25, -0.2) is 9.59 Å². The molecular weight excluding hydrogens is 310 g/mol. The lowest BCUT2D eigenvalue weighted by molar-refractivity contribution is 0.0503. The number of hydrogen-bond acceptors (Lipinski definition) is 5. The Balaban J connectivity index is 3.11. The summed E-state index contributed by atoms with van der Waals surface area (Å²) in [7, 11) is 0. The molecular formula is C18H25NO5. The number of carbonyl (C=O) groups excluding carboxylic acids is 3. The molecule has 6 heteroatoms. The van der Waals surface area contributed by atoms with E-state index in [2.05, 4.69) is 5.32 Å². The van der Waals surface area contributed by atoms with E-state index in [1.165, 1.54) is 18.2 Å². The second-order valence-electron chi connectivity index (χ2n) is 5.33. The molecule has 0 bridgehead atoms. The van der Waals surface area contributed by atoms with Crippen LogP contribution in [0.15, 0.2) is 18.2 Å². The van der Waals surface area contributed by atoms with Crippen LogP contribution in [0.2, 0.25) is 0 Å². The van der Waals surface area contributed by atoms with Crippen LogP contribution < -0.4 is 5.32 Å². The van der Waals surface area contributed by atoms with Crippen molar-refractivity contribution in [1.82, 2.24) is 5.32 Å². The minimum atomic E-state index is -0.563. The fourth-order valence-corrected chi connectivity index (χ4v) is 1.89. The van der Waals surface area contributed by atoms with Crippen molar-refractivity contribution < 1.29 is 23.9 Å². The lowest BCUT2D eigenvalue weighted by atomic mass is 10.0. The molecule has 1 aromatic carbocycles. The van der Waals surface area contributed by atoms with E-state index in [9.17, 15) is 14.4 Å². The Morgan fingerprint density at radius 3 is 1.67 bits per heavy atom. The van der Waals surface area contributed by atoms with Crippen LogP contribution in [0.1, 0.15) is 71.1 Å². The zero-order valence-corrected chi connectivity index (χ0v) is 14.5. The predicted molar refractivity (Wildman–Crippen MR) is 90.2 cm³/mol. The maximum atomic E-state index is 12.2. The highest BCUT2D eigenvalue weighted by Crippen LogP contribution is 2.14. The smallest absolute Gasteiger partial charge is 0.338 e. The quantitative estimate of drug-likeness (QED) is 0.702. The van der Waals surface area contributed by atoms with Gasteiger partial charge in [0, 0.05) is 12.1 Å². The maximum absolute atomic E-state index is 12.2. The minimum Gasteiger partial charge on any atom is -0.462 e. The molecule has 0 spiro atoms. The van der Waals surface area contributed by atoms with Gasteiger partial charge in [0.05, 0.1) is 24.3 Å². The topological polar surface area (TPSA) is 81.7 Å². The molecule has 0 aliphatic heterocycles. The van der Waals surface area contributed by atoms with Gasteiger partial charge in [0.25, 0.3) is 5.91 Å². The molecule has 0 aliphatic carbocycles. The molecule has 0 aromatic heterocycles. The Hall–Kier alpha value is -2.37. The fraction of sp³-hybridized carbons (Fsp3) is 0.500. The Bertz CT molecular complexity index is 490. The summed E-state index contributed by atoms with van der Waals surface area (Å²) in [6.07, 6.45) is 2.16. The summed E-state index contributed by atoms with van der Waals surface area (Å²) in [6, 6.07) is 4.26. The zero-order valence-electron chi connectivity index (χ0n) is 14.5. The molecule has 1 N–H and O–H groups in total. The van der Waals surface area contributed by atoms with E-state index < -0.39 is 11.9 Å². The largest absolute Gasteiger partial charge is 0.462 e. The molecule has 6 nitrogen and oxygen atoms in total. The summed E-state index contributed by atoms with van der Waals surface area (Å²) < 4.78 is 10.2. The first-order chi connectivity index (χ1) is 11.5. The average molecular weight is 335 g/mol. The number of hydrogen-bond donors (Lipinski definition) is 1. The van der Waals surface area contributed by atoms with Crippen molar-refractivity contribution in [3.05, 3.63) is 34.9 Å². The SMILES string of the molecule is CCCNC(=O)c1cc(C(=O)OCCC)cc(C(=O)OCCC)c1. The van der Waals surface area contributed by atoms with Gasteiger partial charge in [-0.3, -0.25) is 4.79 Å². The first-order valence-electron chi connectivity index (χ1n) is 8.30. The van der Waals surface area contributed by atoms with Crippen LogP contribution in [0.3, 0.4) is 0 Å². The Morgan fingerprint density at radius 2 is 1.25 bits per heavy atom. The van der Waals surface area contributed by atoms with Gasteiger partial charge in [-0.05, 0) is 37.5 Å². The highest BCUT2D eigenvalue weighted by molar-refractivity contribution is 6.02. The van der Waals surface area contributed by atoms with Crippen molar-refractivity contribution in [3.63, 3.8) is 0 Å². The van der Waals surface area contributed by atoms with Crippen molar-refractivity contribution in [2.75, 3.05) is 19.8 Å². The number of ether oxygens (including phenoxy) is 2. The summed E-state index contributed by atoms with van der Waals surface area (Å²) in [5.74, 6) is -1.47. The van der Waals surface area contributed by atoms with Crippen molar-refractivity contribution >= 4 is 17.8 Å². The van der Waals surface area contributed by atoms with Crippen LogP contribution in [0.25, 0.3) is 0 Å². The molecule has 0 atom stereocenters. The van der Waals surface area contributed by atoms with E-state index in [1.807, 2.05) is 20.8 Å². The number of benzene rings is 1. The summed E-state index contributed by atoms with van der Waals surface area (Å²) in [4.78, 5) is 36.3. The second kappa shape index (κ2) is 10.4. The molecule has 1 rings (SSSR count). The van der Waals surface area contributed by atoms with Gasteiger partial charge in [-0.15, -0.1) is 0 Å². The molecule has 1 aromatic rings. The standard InChI is InChI=1S/C18H25NO5/c1-4-7-19-16(20)13-10-14(17(21)23-8-5-2)12-15(11-13)18(22)24-9-6-3/h10-12H,4-9H2,1-3H3,(H,19,20). The molecule has 0 unspecified atom stereocenters. The Kier molecular flexibility index (Phi) is 8.54. The molecule has 24 heavy (non-hydrogen) atoms. The van der Waals surface area contributed by atoms with Crippen LogP contribution in [-0.2, 0) is 9.47 Å². The molecule has 0 saturated carbocycles. The number of esters is 2. The van der Waals surface area contributed by atoms with Gasteiger partial charge in [0.15, 0.2) is 0 Å². The maximum Gasteiger partial charge on any atom is 0.338 e. The lowest BCUT2D eigenvalue weighted by Gasteiger charge is -2.10. The summed E-state index contributed by atoms with van der Waals surface area (Å²) in [6.45, 7) is 6.78. The zero-order chi connectivity index (χ0) is 17.9. The first kappa shape index (κ1) is 19.7. The van der Waals surface area contributed by atoms with E-state index in [0.29, 0.717) is 19.4 Å². The van der Waals surface area contributed by atoms with Gasteiger partial charge in [0.1, 0.15) is 0 Å². The van der Waals surface area contributed by atoms with E-state index in [0.717, 1.165) is 6.42 Å². The number of amides is 1. The predicted octanol–water partition coefficient (Wildman–Crippen LogP) is 2.96. The highest BCUT2D eigenvalue weighted by atomic mass is 16.5. The first-order valence-corrected chi connectivity index (χ1v) is 8.30. The van der Waals surface area contributed by atoms with Crippen LogP contribution in [0, 0.1) is 0 Å². The number of rotatable bonds is 9. The number of nitrogens with one attached hydrogen (secondary N) is 1. The summed E-state index contributed by atoms with van der Waals surface area (Å²) in [5, 5.41) is 2.72. The lowest BCUT2D eigenvalue weighted by Crippen LogP contribution is -2.25. The molecule has 132 valence electrons. The van der Waals surface area contributed by atoms with E-state index in [-0.39, 0.29) is 35.8 Å². The second-order valence-corrected chi connectivity index (χ2v) is 5.33. The highest BCUT2D eigenvalue weighted by Gasteiger charge is 2.17. The monoisotopic (exact) mass is 335 g/mol. The van der Waals surface area contributed by atoms with Crippen molar-refractivity contribution in [3.8, 4) is 0 Å². The molecule has 1 amide bonds. The van der Waals surface area contributed by atoms with E-state index in [1.54, 1.807) is 0 Å². The molecule has 0 saturated heterocycles. The minimum absolute atomic E-state index is 0.163. The van der Waals surface area contributed by atoms with Crippen molar-refractivity contribution in [2.45, 2.75) is 40.0 Å². The van der Waals surface area contributed by atoms with Gasteiger partial charge in [-0.1, -0.05) is 20.8 Å².